The van der Waals surface area contributed by atoms with E-state index in [0.29, 0.717) is 13.0 Å². The first-order valence-electron chi connectivity index (χ1n) is 10.9. The van der Waals surface area contributed by atoms with Gasteiger partial charge in [0.15, 0.2) is 0 Å². The van der Waals surface area contributed by atoms with Crippen molar-refractivity contribution in [3.05, 3.63) is 77.9 Å². The third-order valence-electron chi connectivity index (χ3n) is 6.41. The van der Waals surface area contributed by atoms with E-state index in [1.807, 2.05) is 65.6 Å². The van der Waals surface area contributed by atoms with Crippen LogP contribution in [0.5, 0.6) is 0 Å². The van der Waals surface area contributed by atoms with Crippen LogP contribution in [-0.2, 0) is 20.8 Å². The zero-order valence-electron chi connectivity index (χ0n) is 18.3. The van der Waals surface area contributed by atoms with Gasteiger partial charge in [0.2, 0.25) is 11.8 Å². The minimum absolute atomic E-state index is 0.0108. The quantitative estimate of drug-likeness (QED) is 0.681. The van der Waals surface area contributed by atoms with Gasteiger partial charge in [0.25, 0.3) is 6.47 Å². The fraction of sp³-hybridized carbons (Fsp3) is 0.346. The zero-order valence-corrected chi connectivity index (χ0v) is 18.3. The monoisotopic (exact) mass is 434 g/mol. The Labute approximate surface area is 188 Å². The molecular formula is C26H30N2O4. The molecule has 2 aromatic carbocycles. The topological polar surface area (TPSA) is 86.7 Å². The van der Waals surface area contributed by atoms with Crippen LogP contribution in [0.3, 0.4) is 0 Å². The standard InChI is InChI=1S/C25H28N2O2.CH2O2/c1-19(28)27-22-14-15-23(27)25(18-22,17-21-11-6-3-7-12-21)24(29)26-16-8-13-20-9-4-2-5-10-20;2-1-3/h2-13,22-23H,14-18H2,1H3,(H,26,29);1H,(H,2,3)/b13-8+;/t22-,23+,25+;/m0./s1. The van der Waals surface area contributed by atoms with Crippen LogP contribution in [-0.4, -0.2) is 46.9 Å². The molecule has 2 fully saturated rings. The molecule has 0 saturated carbocycles. The number of carbonyl (C=O) groups is 3. The second-order valence-electron chi connectivity index (χ2n) is 8.32. The summed E-state index contributed by atoms with van der Waals surface area (Å²) < 4.78 is 0. The number of carbonyl (C=O) groups excluding carboxylic acids is 2. The maximum Gasteiger partial charge on any atom is 0.290 e. The van der Waals surface area contributed by atoms with Crippen molar-refractivity contribution in [1.29, 1.82) is 0 Å². The number of fused-ring (bicyclic) bond motifs is 2. The molecule has 2 bridgehead atoms. The van der Waals surface area contributed by atoms with Gasteiger partial charge in [0.05, 0.1) is 5.41 Å². The first-order valence-corrected chi connectivity index (χ1v) is 10.9. The van der Waals surface area contributed by atoms with E-state index in [4.69, 9.17) is 9.90 Å². The van der Waals surface area contributed by atoms with Crippen molar-refractivity contribution in [3.63, 3.8) is 0 Å². The lowest BCUT2D eigenvalue weighted by atomic mass is 9.69. The van der Waals surface area contributed by atoms with E-state index in [2.05, 4.69) is 17.4 Å². The highest BCUT2D eigenvalue weighted by Crippen LogP contribution is 2.51. The summed E-state index contributed by atoms with van der Waals surface area (Å²) in [5.74, 6) is 0.154. The Balaban J connectivity index is 0.000000913. The molecule has 3 atom stereocenters. The molecule has 2 saturated heterocycles. The van der Waals surface area contributed by atoms with Gasteiger partial charge in [0.1, 0.15) is 0 Å². The first-order chi connectivity index (χ1) is 15.5. The first kappa shape index (κ1) is 23.3. The van der Waals surface area contributed by atoms with Crippen LogP contribution in [0.15, 0.2) is 66.7 Å². The van der Waals surface area contributed by atoms with E-state index in [1.165, 1.54) is 0 Å². The molecule has 0 spiro atoms. The molecule has 0 unspecified atom stereocenters. The van der Waals surface area contributed by atoms with Gasteiger partial charge in [-0.2, -0.15) is 0 Å². The normalized spacial score (nSPS) is 23.5. The maximum atomic E-state index is 13.5. The van der Waals surface area contributed by atoms with Crippen LogP contribution in [0.4, 0.5) is 0 Å². The van der Waals surface area contributed by atoms with Crippen LogP contribution in [0.1, 0.15) is 37.3 Å². The molecule has 2 amide bonds. The smallest absolute Gasteiger partial charge is 0.290 e. The SMILES string of the molecule is CC(=O)N1[C@H]2CC[C@@H]1[C@](Cc1ccccc1)(C(=O)NC/C=C/c1ccccc1)C2.O=CO. The van der Waals surface area contributed by atoms with Gasteiger partial charge in [0, 0.05) is 25.6 Å². The van der Waals surface area contributed by atoms with Gasteiger partial charge >= 0.3 is 0 Å². The van der Waals surface area contributed by atoms with E-state index in [1.54, 1.807) is 6.92 Å². The van der Waals surface area contributed by atoms with Crippen LogP contribution in [0, 0.1) is 5.41 Å². The number of hydrogen-bond donors (Lipinski definition) is 2. The minimum atomic E-state index is -0.545. The van der Waals surface area contributed by atoms with Crippen LogP contribution < -0.4 is 5.32 Å². The minimum Gasteiger partial charge on any atom is -0.483 e. The van der Waals surface area contributed by atoms with Crippen molar-refractivity contribution < 1.29 is 19.5 Å². The number of carboxylic acid groups (broad SMARTS) is 1. The summed E-state index contributed by atoms with van der Waals surface area (Å²) in [6.07, 6.45) is 7.34. The van der Waals surface area contributed by atoms with E-state index in [9.17, 15) is 9.59 Å². The van der Waals surface area contributed by atoms with Crippen molar-refractivity contribution in [2.24, 2.45) is 5.41 Å². The lowest BCUT2D eigenvalue weighted by Gasteiger charge is -2.36. The van der Waals surface area contributed by atoms with Gasteiger partial charge in [-0.15, -0.1) is 0 Å². The van der Waals surface area contributed by atoms with Gasteiger partial charge in [-0.3, -0.25) is 14.4 Å². The van der Waals surface area contributed by atoms with E-state index < -0.39 is 5.41 Å². The fourth-order valence-corrected chi connectivity index (χ4v) is 5.22. The molecule has 6 heteroatoms. The molecular weight excluding hydrogens is 404 g/mol. The lowest BCUT2D eigenvalue weighted by molar-refractivity contribution is -0.135. The molecule has 2 heterocycles. The second kappa shape index (κ2) is 10.8. The molecule has 2 aromatic rings. The average Bonchev–Trinajstić information content (AvgIpc) is 3.35. The summed E-state index contributed by atoms with van der Waals surface area (Å²) in [6, 6.07) is 20.4. The number of nitrogens with one attached hydrogen (secondary N) is 1. The largest absolute Gasteiger partial charge is 0.483 e. The highest BCUT2D eigenvalue weighted by Gasteiger charge is 2.60. The summed E-state index contributed by atoms with van der Waals surface area (Å²) in [4.78, 5) is 36.1. The van der Waals surface area contributed by atoms with Crippen molar-refractivity contribution in [3.8, 4) is 0 Å². The van der Waals surface area contributed by atoms with Gasteiger partial charge in [-0.1, -0.05) is 72.8 Å². The molecule has 2 N–H and O–H groups in total. The Kier molecular flexibility index (Phi) is 7.82. The Morgan fingerprint density at radius 2 is 1.72 bits per heavy atom. The highest BCUT2D eigenvalue weighted by atomic mass is 16.3. The average molecular weight is 435 g/mol. The second-order valence-corrected chi connectivity index (χ2v) is 8.32. The van der Waals surface area contributed by atoms with E-state index >= 15 is 0 Å². The van der Waals surface area contributed by atoms with Crippen molar-refractivity contribution >= 4 is 24.4 Å². The predicted octanol–water partition coefficient (Wildman–Crippen LogP) is 3.53. The predicted molar refractivity (Wildman–Crippen MR) is 124 cm³/mol. The third-order valence-corrected chi connectivity index (χ3v) is 6.41. The van der Waals surface area contributed by atoms with Gasteiger partial charge in [-0.05, 0) is 36.8 Å². The van der Waals surface area contributed by atoms with Crippen molar-refractivity contribution in [2.45, 2.75) is 44.7 Å². The zero-order chi connectivity index (χ0) is 23.0. The Morgan fingerprint density at radius 3 is 2.31 bits per heavy atom. The molecule has 0 aliphatic carbocycles. The number of rotatable bonds is 6. The summed E-state index contributed by atoms with van der Waals surface area (Å²) in [5.41, 5.74) is 1.72. The van der Waals surface area contributed by atoms with E-state index in [-0.39, 0.29) is 30.4 Å². The molecule has 4 rings (SSSR count). The number of amides is 2. The molecule has 0 aromatic heterocycles. The fourth-order valence-electron chi connectivity index (χ4n) is 5.22. The van der Waals surface area contributed by atoms with Crippen molar-refractivity contribution in [2.75, 3.05) is 6.54 Å². The third kappa shape index (κ3) is 5.07. The molecule has 2 aliphatic heterocycles. The Bertz CT molecular complexity index is 945. The summed E-state index contributed by atoms with van der Waals surface area (Å²) in [6.45, 7) is 1.87. The molecule has 0 radical (unpaired) electrons. The molecule has 2 aliphatic rings. The molecule has 168 valence electrons. The Morgan fingerprint density at radius 1 is 1.09 bits per heavy atom. The molecule has 32 heavy (non-hydrogen) atoms. The van der Waals surface area contributed by atoms with Crippen LogP contribution in [0.2, 0.25) is 0 Å². The Hall–Kier alpha value is -3.41. The molecule has 6 nitrogen and oxygen atoms in total. The van der Waals surface area contributed by atoms with E-state index in [0.717, 1.165) is 30.4 Å². The number of hydrogen-bond acceptors (Lipinski definition) is 3. The summed E-state index contributed by atoms with van der Waals surface area (Å²) in [7, 11) is 0. The number of nitrogens with zero attached hydrogens (tertiary/aromatic N) is 1. The van der Waals surface area contributed by atoms with Crippen LogP contribution in [0.25, 0.3) is 6.08 Å². The van der Waals surface area contributed by atoms with Crippen LogP contribution >= 0.6 is 0 Å². The summed E-state index contributed by atoms with van der Waals surface area (Å²) >= 11 is 0. The van der Waals surface area contributed by atoms with Gasteiger partial charge < -0.3 is 15.3 Å². The maximum absolute atomic E-state index is 13.5. The number of benzene rings is 2. The van der Waals surface area contributed by atoms with Gasteiger partial charge in [-0.25, -0.2) is 0 Å². The highest BCUT2D eigenvalue weighted by molar-refractivity contribution is 5.87. The van der Waals surface area contributed by atoms with Crippen molar-refractivity contribution in [1.82, 2.24) is 10.2 Å². The lowest BCUT2D eigenvalue weighted by Crippen LogP contribution is -2.51. The summed E-state index contributed by atoms with van der Waals surface area (Å²) in [5, 5.41) is 10.0.